The summed E-state index contributed by atoms with van der Waals surface area (Å²) in [4.78, 5) is 22.1. The molecule has 0 aliphatic carbocycles. The number of hydrogen-bond acceptors (Lipinski definition) is 5. The third kappa shape index (κ3) is 3.95. The second-order valence-electron chi connectivity index (χ2n) is 4.46. The van der Waals surface area contributed by atoms with E-state index < -0.39 is 22.4 Å². The van der Waals surface area contributed by atoms with Crippen molar-refractivity contribution in [2.24, 2.45) is 0 Å². The Balaban J connectivity index is 2.16. The van der Waals surface area contributed by atoms with Gasteiger partial charge in [0.15, 0.2) is 0 Å². The molecule has 0 aliphatic rings. The molecule has 0 bridgehead atoms. The summed E-state index contributed by atoms with van der Waals surface area (Å²) in [7, 11) is 1.40. The lowest BCUT2D eigenvalue weighted by Crippen LogP contribution is -2.07. The van der Waals surface area contributed by atoms with Gasteiger partial charge in [-0.05, 0) is 30.3 Å². The van der Waals surface area contributed by atoms with Crippen molar-refractivity contribution in [1.82, 2.24) is 0 Å². The molecule has 0 heterocycles. The molecule has 0 unspecified atom stereocenters. The van der Waals surface area contributed by atoms with Crippen molar-refractivity contribution in [1.29, 1.82) is 0 Å². The third-order valence-corrected chi connectivity index (χ3v) is 3.30. The van der Waals surface area contributed by atoms with Crippen LogP contribution in [0.4, 0.5) is 10.1 Å². The number of benzene rings is 2. The second-order valence-corrected chi connectivity index (χ2v) is 4.86. The lowest BCUT2D eigenvalue weighted by Gasteiger charge is -2.09. The first-order valence-electron chi connectivity index (χ1n) is 6.36. The van der Waals surface area contributed by atoms with Gasteiger partial charge in [-0.25, -0.2) is 9.18 Å². The first-order chi connectivity index (χ1) is 10.9. The SMILES string of the molecule is COc1ccc(F)cc1COC(=O)c1ccc(Cl)c([N+](=O)[O-])c1. The largest absolute Gasteiger partial charge is 0.496 e. The Labute approximate surface area is 135 Å². The number of hydrogen-bond donors (Lipinski definition) is 0. The highest BCUT2D eigenvalue weighted by Gasteiger charge is 2.17. The van der Waals surface area contributed by atoms with E-state index in [9.17, 15) is 19.3 Å². The summed E-state index contributed by atoms with van der Waals surface area (Å²) in [6.07, 6.45) is 0. The molecule has 2 rings (SSSR count). The molecule has 23 heavy (non-hydrogen) atoms. The van der Waals surface area contributed by atoms with Crippen molar-refractivity contribution in [3.63, 3.8) is 0 Å². The number of rotatable bonds is 5. The van der Waals surface area contributed by atoms with Crippen LogP contribution in [0.25, 0.3) is 0 Å². The van der Waals surface area contributed by atoms with Crippen LogP contribution in [0, 0.1) is 15.9 Å². The van der Waals surface area contributed by atoms with Crippen molar-refractivity contribution in [3.8, 4) is 5.75 Å². The van der Waals surface area contributed by atoms with E-state index >= 15 is 0 Å². The van der Waals surface area contributed by atoms with Gasteiger partial charge in [0, 0.05) is 11.6 Å². The van der Waals surface area contributed by atoms with Gasteiger partial charge in [-0.3, -0.25) is 10.1 Å². The standard InChI is InChI=1S/C15H11ClFNO5/c1-22-14-5-3-11(17)6-10(14)8-23-15(19)9-2-4-12(16)13(7-9)18(20)21/h2-7H,8H2,1H3. The van der Waals surface area contributed by atoms with Gasteiger partial charge in [0.25, 0.3) is 5.69 Å². The molecule has 0 atom stereocenters. The first-order valence-corrected chi connectivity index (χ1v) is 6.73. The Morgan fingerprint density at radius 2 is 2.04 bits per heavy atom. The molecule has 120 valence electrons. The molecule has 0 N–H and O–H groups in total. The molecule has 0 aromatic heterocycles. The first kappa shape index (κ1) is 16.7. The molecule has 0 spiro atoms. The molecule has 0 fully saturated rings. The van der Waals surface area contributed by atoms with Crippen LogP contribution in [0.2, 0.25) is 5.02 Å². The van der Waals surface area contributed by atoms with E-state index in [2.05, 4.69) is 0 Å². The van der Waals surface area contributed by atoms with E-state index in [-0.39, 0.29) is 17.2 Å². The highest BCUT2D eigenvalue weighted by atomic mass is 35.5. The van der Waals surface area contributed by atoms with Gasteiger partial charge in [0.2, 0.25) is 0 Å². The van der Waals surface area contributed by atoms with Crippen molar-refractivity contribution in [2.45, 2.75) is 6.61 Å². The van der Waals surface area contributed by atoms with E-state index in [1.165, 1.54) is 37.4 Å². The Morgan fingerprint density at radius 3 is 2.70 bits per heavy atom. The maximum absolute atomic E-state index is 13.2. The summed E-state index contributed by atoms with van der Waals surface area (Å²) < 4.78 is 23.3. The molecule has 0 amide bonds. The minimum Gasteiger partial charge on any atom is -0.496 e. The van der Waals surface area contributed by atoms with E-state index in [0.717, 1.165) is 6.07 Å². The van der Waals surface area contributed by atoms with Crippen molar-refractivity contribution in [3.05, 3.63) is 68.5 Å². The zero-order valence-corrected chi connectivity index (χ0v) is 12.7. The number of esters is 1. The highest BCUT2D eigenvalue weighted by molar-refractivity contribution is 6.32. The zero-order chi connectivity index (χ0) is 17.0. The van der Waals surface area contributed by atoms with Gasteiger partial charge in [-0.15, -0.1) is 0 Å². The Hall–Kier alpha value is -2.67. The number of nitro groups is 1. The molecule has 2 aromatic carbocycles. The number of nitro benzene ring substituents is 1. The normalized spacial score (nSPS) is 10.2. The summed E-state index contributed by atoms with van der Waals surface area (Å²) in [6, 6.07) is 7.36. The summed E-state index contributed by atoms with van der Waals surface area (Å²) in [5.41, 5.74) is -0.0924. The molecular weight excluding hydrogens is 329 g/mol. The van der Waals surface area contributed by atoms with Crippen LogP contribution < -0.4 is 4.74 Å². The molecule has 8 heteroatoms. The van der Waals surface area contributed by atoms with E-state index in [4.69, 9.17) is 21.1 Å². The summed E-state index contributed by atoms with van der Waals surface area (Å²) in [5, 5.41) is 10.7. The molecular formula is C15H11ClFNO5. The van der Waals surface area contributed by atoms with E-state index in [1.807, 2.05) is 0 Å². The average molecular weight is 340 g/mol. The van der Waals surface area contributed by atoms with Crippen LogP contribution >= 0.6 is 11.6 Å². The minimum absolute atomic E-state index is 0.0310. The molecule has 0 saturated heterocycles. The van der Waals surface area contributed by atoms with E-state index in [1.54, 1.807) is 0 Å². The average Bonchev–Trinajstić information content (AvgIpc) is 2.52. The minimum atomic E-state index is -0.795. The van der Waals surface area contributed by atoms with Gasteiger partial charge in [0.1, 0.15) is 23.2 Å². The number of halogens is 2. The van der Waals surface area contributed by atoms with Gasteiger partial charge in [0.05, 0.1) is 17.6 Å². The topological polar surface area (TPSA) is 78.7 Å². The fourth-order valence-corrected chi connectivity index (χ4v) is 2.05. The van der Waals surface area contributed by atoms with Crippen LogP contribution in [0.1, 0.15) is 15.9 Å². The maximum atomic E-state index is 13.2. The van der Waals surface area contributed by atoms with Gasteiger partial charge < -0.3 is 9.47 Å². The Bertz CT molecular complexity index is 766. The van der Waals surface area contributed by atoms with Gasteiger partial charge in [-0.1, -0.05) is 11.6 Å². The van der Waals surface area contributed by atoms with Crippen LogP contribution in [-0.4, -0.2) is 18.0 Å². The van der Waals surface area contributed by atoms with Crippen LogP contribution in [0.3, 0.4) is 0 Å². The molecule has 0 saturated carbocycles. The van der Waals surface area contributed by atoms with Crippen molar-refractivity contribution >= 4 is 23.3 Å². The number of ether oxygens (including phenoxy) is 2. The summed E-state index contributed by atoms with van der Waals surface area (Å²) in [5.74, 6) is -0.934. The maximum Gasteiger partial charge on any atom is 0.338 e. The highest BCUT2D eigenvalue weighted by Crippen LogP contribution is 2.26. The molecule has 0 aliphatic heterocycles. The summed E-state index contributed by atoms with van der Waals surface area (Å²) >= 11 is 5.67. The van der Waals surface area contributed by atoms with Gasteiger partial charge in [-0.2, -0.15) is 0 Å². The van der Waals surface area contributed by atoms with Crippen LogP contribution in [0.5, 0.6) is 5.75 Å². The number of carbonyl (C=O) groups excluding carboxylic acids is 1. The van der Waals surface area contributed by atoms with Crippen molar-refractivity contribution < 1.29 is 23.6 Å². The molecule has 6 nitrogen and oxygen atoms in total. The van der Waals surface area contributed by atoms with Gasteiger partial charge >= 0.3 is 5.97 Å². The number of nitrogens with zero attached hydrogens (tertiary/aromatic N) is 1. The fourth-order valence-electron chi connectivity index (χ4n) is 1.87. The quantitative estimate of drug-likeness (QED) is 0.471. The fraction of sp³-hybridized carbons (Fsp3) is 0.133. The summed E-state index contributed by atoms with van der Waals surface area (Å²) in [6.45, 7) is -0.240. The lowest BCUT2D eigenvalue weighted by molar-refractivity contribution is -0.384. The Morgan fingerprint density at radius 1 is 1.30 bits per heavy atom. The van der Waals surface area contributed by atoms with Crippen LogP contribution in [0.15, 0.2) is 36.4 Å². The Kier molecular flexibility index (Phi) is 5.13. The zero-order valence-electron chi connectivity index (χ0n) is 11.9. The molecule has 0 radical (unpaired) electrons. The third-order valence-electron chi connectivity index (χ3n) is 2.98. The smallest absolute Gasteiger partial charge is 0.338 e. The molecule has 2 aromatic rings. The van der Waals surface area contributed by atoms with Crippen molar-refractivity contribution in [2.75, 3.05) is 7.11 Å². The van der Waals surface area contributed by atoms with E-state index in [0.29, 0.717) is 11.3 Å². The number of carbonyl (C=O) groups is 1. The number of methoxy groups -OCH3 is 1. The predicted molar refractivity (Wildman–Crippen MR) is 80.2 cm³/mol. The predicted octanol–water partition coefficient (Wildman–Crippen LogP) is 3.75. The lowest BCUT2D eigenvalue weighted by atomic mass is 10.2. The van der Waals surface area contributed by atoms with Crippen LogP contribution in [-0.2, 0) is 11.3 Å². The monoisotopic (exact) mass is 339 g/mol. The second kappa shape index (κ2) is 7.06.